The summed E-state index contributed by atoms with van der Waals surface area (Å²) >= 11 is 0. The Kier molecular flexibility index (Phi) is 8.52. The number of piperidine rings is 1. The van der Waals surface area contributed by atoms with E-state index in [1.165, 1.54) is 24.9 Å². The van der Waals surface area contributed by atoms with Crippen LogP contribution >= 0.6 is 0 Å². The molecule has 2 saturated heterocycles. The van der Waals surface area contributed by atoms with E-state index >= 15 is 0 Å². The lowest BCUT2D eigenvalue weighted by atomic mass is 10.0. The molecule has 0 amide bonds. The Hall–Kier alpha value is -3.24. The highest BCUT2D eigenvalue weighted by atomic mass is 32.2. The van der Waals surface area contributed by atoms with Gasteiger partial charge in [-0.25, -0.2) is 13.1 Å². The Labute approximate surface area is 240 Å². The van der Waals surface area contributed by atoms with Gasteiger partial charge in [-0.1, -0.05) is 18.2 Å². The number of fused-ring (bicyclic) bond motifs is 1. The maximum Gasteiger partial charge on any atom is 0.251 e. The number of sulfonamides is 1. The first-order valence-corrected chi connectivity index (χ1v) is 15.3. The van der Waals surface area contributed by atoms with E-state index < -0.39 is 39.3 Å². The van der Waals surface area contributed by atoms with E-state index in [0.717, 1.165) is 35.1 Å². The number of nitrogens with one attached hydrogen (secondary N) is 1. The first-order chi connectivity index (χ1) is 19.6. The summed E-state index contributed by atoms with van der Waals surface area (Å²) in [7, 11) is -2.45. The minimum absolute atomic E-state index is 0.245. The van der Waals surface area contributed by atoms with Crippen LogP contribution in [-0.2, 0) is 21.8 Å². The zero-order chi connectivity index (χ0) is 29.3. The van der Waals surface area contributed by atoms with Crippen molar-refractivity contribution < 1.29 is 28.5 Å². The summed E-state index contributed by atoms with van der Waals surface area (Å²) in [6.45, 7) is 3.13. The van der Waals surface area contributed by atoms with Crippen molar-refractivity contribution in [3.05, 3.63) is 59.1 Å². The molecule has 0 spiro atoms. The van der Waals surface area contributed by atoms with Crippen LogP contribution in [0.25, 0.3) is 27.6 Å². The Morgan fingerprint density at radius 3 is 2.46 bits per heavy atom. The molecule has 3 heterocycles. The second-order valence-electron chi connectivity index (χ2n) is 10.8. The van der Waals surface area contributed by atoms with Gasteiger partial charge in [0.1, 0.15) is 24.4 Å². The molecular weight excluding hydrogens is 544 g/mol. The largest absolute Gasteiger partial charge is 0.388 e. The number of hydrogen-bond donors (Lipinski definition) is 4. The molecule has 4 atom stereocenters. The van der Waals surface area contributed by atoms with Crippen molar-refractivity contribution in [3.63, 3.8) is 0 Å². The molecule has 2 fully saturated rings. The van der Waals surface area contributed by atoms with Crippen LogP contribution in [0.2, 0.25) is 0 Å². The van der Waals surface area contributed by atoms with E-state index in [-0.39, 0.29) is 18.7 Å². The summed E-state index contributed by atoms with van der Waals surface area (Å²) in [6, 6.07) is 18.3. The maximum absolute atomic E-state index is 13.1. The third kappa shape index (κ3) is 5.90. The number of nitrogens with zero attached hydrogens (tertiary/aromatic N) is 3. The normalized spacial score (nSPS) is 24.2. The van der Waals surface area contributed by atoms with E-state index in [0.29, 0.717) is 5.69 Å². The second-order valence-corrected chi connectivity index (χ2v) is 12.5. The van der Waals surface area contributed by atoms with Crippen molar-refractivity contribution in [1.29, 1.82) is 5.26 Å². The summed E-state index contributed by atoms with van der Waals surface area (Å²) in [4.78, 5) is 1.98. The minimum Gasteiger partial charge on any atom is -0.388 e. The van der Waals surface area contributed by atoms with E-state index in [1.54, 1.807) is 13.0 Å². The predicted molar refractivity (Wildman–Crippen MR) is 157 cm³/mol. The van der Waals surface area contributed by atoms with Crippen molar-refractivity contribution in [1.82, 2.24) is 9.29 Å². The van der Waals surface area contributed by atoms with Gasteiger partial charge in [0.2, 0.25) is 0 Å². The SMILES string of the molecule is C/C(=C(/C#N)S(=O)(=O)NC[C@H]1OC[C@H](O)[C@@H](O)[C@@H]1O)c1ccc(-c2ccc3cc(N4CCCCC4)ccc3c2)n1C. The molecule has 0 bridgehead atoms. The van der Waals surface area contributed by atoms with Crippen molar-refractivity contribution in [3.8, 4) is 17.3 Å². The van der Waals surface area contributed by atoms with Gasteiger partial charge in [-0.3, -0.25) is 0 Å². The fraction of sp³-hybridized carbons (Fsp3) is 0.433. The first-order valence-electron chi connectivity index (χ1n) is 13.8. The fourth-order valence-corrected chi connectivity index (χ4v) is 6.85. The standard InChI is InChI=1S/C30H36N4O6S/c1-19(28(16-31)41(38,39)32-17-27-30(37)29(36)26(35)18-40-27)24-10-11-25(33(24)2)22-7-6-21-15-23(9-8-20(21)14-22)34-12-4-3-5-13-34/h6-11,14-15,26-27,29-30,32,35-37H,3-5,12-13,17-18H2,1-2H3/b28-19+/t26-,27+,29+,30+/m0/s1. The molecule has 11 heteroatoms. The van der Waals surface area contributed by atoms with Gasteiger partial charge in [-0.05, 0) is 72.9 Å². The minimum atomic E-state index is -4.27. The van der Waals surface area contributed by atoms with Gasteiger partial charge in [0.05, 0.1) is 12.7 Å². The van der Waals surface area contributed by atoms with Crippen LogP contribution in [0.15, 0.2) is 53.4 Å². The van der Waals surface area contributed by atoms with Crippen LogP contribution in [0.3, 0.4) is 0 Å². The topological polar surface area (TPSA) is 148 Å². The van der Waals surface area contributed by atoms with E-state index in [2.05, 4.69) is 40.0 Å². The Balaban J connectivity index is 1.37. The lowest BCUT2D eigenvalue weighted by Crippen LogP contribution is -2.56. The maximum atomic E-state index is 13.1. The van der Waals surface area contributed by atoms with E-state index in [4.69, 9.17) is 4.74 Å². The monoisotopic (exact) mass is 580 g/mol. The predicted octanol–water partition coefficient (Wildman–Crippen LogP) is 2.49. The van der Waals surface area contributed by atoms with Gasteiger partial charge < -0.3 is 29.5 Å². The summed E-state index contributed by atoms with van der Waals surface area (Å²) in [6.07, 6.45) is -1.55. The van der Waals surface area contributed by atoms with Gasteiger partial charge >= 0.3 is 0 Å². The molecule has 3 aromatic rings. The molecule has 0 radical (unpaired) electrons. The van der Waals surface area contributed by atoms with Crippen LogP contribution in [0.5, 0.6) is 0 Å². The lowest BCUT2D eigenvalue weighted by molar-refractivity contribution is -0.184. The van der Waals surface area contributed by atoms with Crippen LogP contribution in [-0.4, -0.2) is 79.0 Å². The Bertz CT molecular complexity index is 1600. The number of nitriles is 1. The number of anilines is 1. The summed E-state index contributed by atoms with van der Waals surface area (Å²) in [5, 5.41) is 41.7. The van der Waals surface area contributed by atoms with Gasteiger partial charge in [-0.15, -0.1) is 0 Å². The number of aromatic nitrogens is 1. The molecule has 2 aliphatic heterocycles. The number of ether oxygens (including phenoxy) is 1. The highest BCUT2D eigenvalue weighted by molar-refractivity contribution is 7.93. The third-order valence-corrected chi connectivity index (χ3v) is 9.62. The van der Waals surface area contributed by atoms with E-state index in [1.807, 2.05) is 29.8 Å². The molecule has 2 aliphatic rings. The molecule has 2 aromatic carbocycles. The number of allylic oxidation sites excluding steroid dienone is 2. The highest BCUT2D eigenvalue weighted by Gasteiger charge is 2.38. The van der Waals surface area contributed by atoms with Crippen LogP contribution < -0.4 is 9.62 Å². The van der Waals surface area contributed by atoms with Crippen molar-refractivity contribution in [2.24, 2.45) is 7.05 Å². The molecular formula is C30H36N4O6S. The van der Waals surface area contributed by atoms with E-state index in [9.17, 15) is 29.0 Å². The first kappa shape index (κ1) is 29.3. The van der Waals surface area contributed by atoms with Gasteiger partial charge in [0, 0.05) is 49.3 Å². The number of hydrogen-bond acceptors (Lipinski definition) is 8. The molecule has 10 nitrogen and oxygen atoms in total. The molecule has 0 aliphatic carbocycles. The average molecular weight is 581 g/mol. The van der Waals surface area contributed by atoms with Gasteiger partial charge in [0.25, 0.3) is 10.0 Å². The highest BCUT2D eigenvalue weighted by Crippen LogP contribution is 2.32. The molecule has 0 saturated carbocycles. The zero-order valence-electron chi connectivity index (χ0n) is 23.2. The third-order valence-electron chi connectivity index (χ3n) is 8.14. The number of rotatable bonds is 7. The van der Waals surface area contributed by atoms with Crippen molar-refractivity contribution in [2.45, 2.75) is 50.6 Å². The van der Waals surface area contributed by atoms with Crippen molar-refractivity contribution in [2.75, 3.05) is 31.1 Å². The summed E-state index contributed by atoms with van der Waals surface area (Å²) in [5.41, 5.74) is 3.91. The smallest absolute Gasteiger partial charge is 0.251 e. The Morgan fingerprint density at radius 2 is 1.73 bits per heavy atom. The van der Waals surface area contributed by atoms with Crippen LogP contribution in [0.4, 0.5) is 5.69 Å². The molecule has 41 heavy (non-hydrogen) atoms. The van der Waals surface area contributed by atoms with Crippen LogP contribution in [0.1, 0.15) is 31.9 Å². The average Bonchev–Trinajstić information content (AvgIpc) is 3.36. The Morgan fingerprint density at radius 1 is 1.02 bits per heavy atom. The number of aliphatic hydroxyl groups is 3. The fourth-order valence-electron chi connectivity index (χ4n) is 5.69. The number of benzene rings is 2. The van der Waals surface area contributed by atoms with Crippen molar-refractivity contribution >= 4 is 32.1 Å². The second kappa shape index (κ2) is 11.9. The molecule has 218 valence electrons. The summed E-state index contributed by atoms with van der Waals surface area (Å²) in [5.74, 6) is 0. The quantitative estimate of drug-likeness (QED) is 0.312. The molecule has 5 rings (SSSR count). The lowest BCUT2D eigenvalue weighted by Gasteiger charge is -2.35. The molecule has 0 unspecified atom stereocenters. The zero-order valence-corrected chi connectivity index (χ0v) is 24.0. The number of aliphatic hydroxyl groups excluding tert-OH is 3. The van der Waals surface area contributed by atoms with Gasteiger partial charge in [-0.2, -0.15) is 5.26 Å². The molecule has 1 aromatic heterocycles. The van der Waals surface area contributed by atoms with Gasteiger partial charge in [0.15, 0.2) is 4.91 Å². The molecule has 4 N–H and O–H groups in total. The summed E-state index contributed by atoms with van der Waals surface area (Å²) < 4.78 is 35.6. The van der Waals surface area contributed by atoms with Crippen LogP contribution in [0, 0.1) is 11.3 Å².